The summed E-state index contributed by atoms with van der Waals surface area (Å²) in [7, 11) is 0. The number of hydrogen-bond acceptors (Lipinski definition) is 5. The predicted molar refractivity (Wildman–Crippen MR) is 147 cm³/mol. The van der Waals surface area contributed by atoms with Crippen molar-refractivity contribution in [3.8, 4) is 11.5 Å². The van der Waals surface area contributed by atoms with Gasteiger partial charge in [-0.25, -0.2) is 0 Å². The first-order valence-electron chi connectivity index (χ1n) is 13.3. The Kier molecular flexibility index (Phi) is 9.56. The molecule has 1 atom stereocenters. The number of carbonyl (C=O) groups is 3. The van der Waals surface area contributed by atoms with Gasteiger partial charge in [0, 0.05) is 24.2 Å². The molecule has 1 saturated carbocycles. The van der Waals surface area contributed by atoms with E-state index < -0.39 is 5.97 Å². The number of benzene rings is 3. The zero-order valence-electron chi connectivity index (χ0n) is 22.0. The summed E-state index contributed by atoms with van der Waals surface area (Å²) in [6.07, 6.45) is 2.52. The normalized spacial score (nSPS) is 17.5. The highest BCUT2D eigenvalue weighted by Crippen LogP contribution is 2.28. The van der Waals surface area contributed by atoms with Crippen LogP contribution in [-0.4, -0.2) is 42.1 Å². The molecule has 3 aromatic carbocycles. The molecule has 0 heterocycles. The maximum Gasteiger partial charge on any atom is 0.306 e. The topological polar surface area (TPSA) is 114 Å². The highest BCUT2D eigenvalue weighted by molar-refractivity contribution is 5.95. The lowest BCUT2D eigenvalue weighted by molar-refractivity contribution is -0.143. The van der Waals surface area contributed by atoms with Crippen molar-refractivity contribution in [1.82, 2.24) is 10.6 Å². The van der Waals surface area contributed by atoms with Crippen molar-refractivity contribution in [2.75, 3.05) is 13.1 Å². The van der Waals surface area contributed by atoms with Crippen LogP contribution in [0.15, 0.2) is 78.9 Å². The van der Waals surface area contributed by atoms with Gasteiger partial charge in [0.15, 0.2) is 0 Å². The van der Waals surface area contributed by atoms with Crippen LogP contribution >= 0.6 is 0 Å². The largest absolute Gasteiger partial charge is 0.490 e. The third-order valence-corrected chi connectivity index (χ3v) is 6.84. The lowest BCUT2D eigenvalue weighted by atomic mass is 9.87. The van der Waals surface area contributed by atoms with Gasteiger partial charge in [0.2, 0.25) is 0 Å². The van der Waals surface area contributed by atoms with Gasteiger partial charge in [-0.1, -0.05) is 30.3 Å². The minimum absolute atomic E-state index is 0.00883. The number of rotatable bonds is 11. The summed E-state index contributed by atoms with van der Waals surface area (Å²) in [6, 6.07) is 23.7. The van der Waals surface area contributed by atoms with E-state index in [-0.39, 0.29) is 43.0 Å². The Morgan fingerprint density at radius 3 is 1.79 bits per heavy atom. The molecule has 0 aromatic heterocycles. The molecule has 0 unspecified atom stereocenters. The predicted octanol–water partition coefficient (Wildman–Crippen LogP) is 5.01. The lowest BCUT2D eigenvalue weighted by Gasteiger charge is -2.26. The highest BCUT2D eigenvalue weighted by atomic mass is 16.5. The SMILES string of the molecule is C[C@H](Oc1ccc(C(=O)NCCNC(=O)c2ccc(O[C@H]3CC[C@@H](C(=O)O)CC3)cc2)cc1)c1ccccc1. The molecule has 0 aliphatic heterocycles. The van der Waals surface area contributed by atoms with Crippen LogP contribution in [0.4, 0.5) is 0 Å². The summed E-state index contributed by atoms with van der Waals surface area (Å²) in [5, 5.41) is 14.7. The molecular weight excluding hydrogens is 496 g/mol. The van der Waals surface area contributed by atoms with E-state index in [1.807, 2.05) is 37.3 Å². The van der Waals surface area contributed by atoms with Crippen LogP contribution in [0.25, 0.3) is 0 Å². The van der Waals surface area contributed by atoms with Gasteiger partial charge in [0.25, 0.3) is 11.8 Å². The average Bonchev–Trinajstić information content (AvgIpc) is 2.96. The first-order valence-corrected chi connectivity index (χ1v) is 13.3. The fourth-order valence-corrected chi connectivity index (χ4v) is 4.54. The van der Waals surface area contributed by atoms with Crippen LogP contribution in [-0.2, 0) is 4.79 Å². The van der Waals surface area contributed by atoms with E-state index in [0.29, 0.717) is 48.3 Å². The molecule has 0 bridgehead atoms. The molecule has 1 aliphatic carbocycles. The van der Waals surface area contributed by atoms with Gasteiger partial charge in [0.05, 0.1) is 12.0 Å². The molecule has 8 heteroatoms. The van der Waals surface area contributed by atoms with Crippen LogP contribution < -0.4 is 20.1 Å². The molecule has 8 nitrogen and oxygen atoms in total. The summed E-state index contributed by atoms with van der Waals surface area (Å²) in [6.45, 7) is 2.54. The lowest BCUT2D eigenvalue weighted by Crippen LogP contribution is -2.34. The number of nitrogens with one attached hydrogen (secondary N) is 2. The molecule has 0 saturated heterocycles. The van der Waals surface area contributed by atoms with Gasteiger partial charge in [-0.3, -0.25) is 14.4 Å². The quantitative estimate of drug-likeness (QED) is 0.301. The second kappa shape index (κ2) is 13.5. The Morgan fingerprint density at radius 1 is 0.769 bits per heavy atom. The summed E-state index contributed by atoms with van der Waals surface area (Å²) < 4.78 is 11.9. The molecule has 3 N–H and O–H groups in total. The van der Waals surface area contributed by atoms with E-state index in [1.165, 1.54) is 0 Å². The molecule has 0 spiro atoms. The van der Waals surface area contributed by atoms with Crippen molar-refractivity contribution in [2.45, 2.75) is 44.8 Å². The van der Waals surface area contributed by atoms with Crippen LogP contribution in [0.5, 0.6) is 11.5 Å². The third-order valence-electron chi connectivity index (χ3n) is 6.84. The maximum atomic E-state index is 12.5. The zero-order chi connectivity index (χ0) is 27.6. The molecule has 1 fully saturated rings. The zero-order valence-corrected chi connectivity index (χ0v) is 22.0. The molecule has 204 valence electrons. The van der Waals surface area contributed by atoms with Crippen molar-refractivity contribution in [1.29, 1.82) is 0 Å². The number of amides is 2. The first kappa shape index (κ1) is 27.7. The van der Waals surface area contributed by atoms with E-state index in [9.17, 15) is 14.4 Å². The summed E-state index contributed by atoms with van der Waals surface area (Å²) in [4.78, 5) is 36.0. The molecule has 2 amide bonds. The van der Waals surface area contributed by atoms with Gasteiger partial charge < -0.3 is 25.2 Å². The van der Waals surface area contributed by atoms with E-state index in [1.54, 1.807) is 48.5 Å². The minimum Gasteiger partial charge on any atom is -0.490 e. The van der Waals surface area contributed by atoms with Gasteiger partial charge >= 0.3 is 5.97 Å². The summed E-state index contributed by atoms with van der Waals surface area (Å²) in [5.41, 5.74) is 2.07. The Labute approximate surface area is 228 Å². The molecule has 39 heavy (non-hydrogen) atoms. The van der Waals surface area contributed by atoms with E-state index in [2.05, 4.69) is 10.6 Å². The van der Waals surface area contributed by atoms with Crippen molar-refractivity contribution in [2.24, 2.45) is 5.92 Å². The van der Waals surface area contributed by atoms with E-state index in [0.717, 1.165) is 5.56 Å². The van der Waals surface area contributed by atoms with Crippen LogP contribution in [0.1, 0.15) is 65.0 Å². The minimum atomic E-state index is -0.739. The van der Waals surface area contributed by atoms with Gasteiger partial charge in [-0.05, 0) is 86.7 Å². The average molecular weight is 531 g/mol. The Hall–Kier alpha value is -4.33. The standard InChI is InChI=1S/C31H34N2O6/c1-21(22-5-3-2-4-6-22)38-26-13-7-23(8-14-26)29(34)32-19-20-33-30(35)24-9-15-27(16-10-24)39-28-17-11-25(12-18-28)31(36)37/h2-10,13-16,21,25,28H,11-12,17-20H2,1H3,(H,32,34)(H,33,35)(H,36,37)/t21-,25-,28+/m0/s1. The first-order chi connectivity index (χ1) is 18.9. The van der Waals surface area contributed by atoms with E-state index in [4.69, 9.17) is 14.6 Å². The van der Waals surface area contributed by atoms with Crippen molar-refractivity contribution >= 4 is 17.8 Å². The van der Waals surface area contributed by atoms with Crippen LogP contribution in [0, 0.1) is 5.92 Å². The van der Waals surface area contributed by atoms with Gasteiger partial charge in [-0.2, -0.15) is 0 Å². The third kappa shape index (κ3) is 8.07. The molecule has 3 aromatic rings. The van der Waals surface area contributed by atoms with Crippen molar-refractivity contribution in [3.05, 3.63) is 95.6 Å². The summed E-state index contributed by atoms with van der Waals surface area (Å²) >= 11 is 0. The summed E-state index contributed by atoms with van der Waals surface area (Å²) in [5.74, 6) is -0.162. The van der Waals surface area contributed by atoms with Crippen molar-refractivity contribution < 1.29 is 29.0 Å². The molecule has 0 radical (unpaired) electrons. The highest BCUT2D eigenvalue weighted by Gasteiger charge is 2.26. The van der Waals surface area contributed by atoms with Gasteiger partial charge in [0.1, 0.15) is 17.6 Å². The molecule has 4 rings (SSSR count). The fourth-order valence-electron chi connectivity index (χ4n) is 4.54. The number of ether oxygens (including phenoxy) is 2. The monoisotopic (exact) mass is 530 g/mol. The second-order valence-electron chi connectivity index (χ2n) is 9.66. The number of carboxylic acid groups (broad SMARTS) is 1. The van der Waals surface area contributed by atoms with Crippen LogP contribution in [0.2, 0.25) is 0 Å². The molecular formula is C31H34N2O6. The Morgan fingerprint density at radius 2 is 1.28 bits per heavy atom. The number of carbonyl (C=O) groups excluding carboxylic acids is 2. The second-order valence-corrected chi connectivity index (χ2v) is 9.66. The van der Waals surface area contributed by atoms with Crippen molar-refractivity contribution in [3.63, 3.8) is 0 Å². The van der Waals surface area contributed by atoms with Gasteiger partial charge in [-0.15, -0.1) is 0 Å². The Bertz CT molecular complexity index is 1240. The maximum absolute atomic E-state index is 12.5. The number of hydrogen-bond donors (Lipinski definition) is 3. The smallest absolute Gasteiger partial charge is 0.306 e. The Balaban J connectivity index is 1.15. The fraction of sp³-hybridized carbons (Fsp3) is 0.323. The molecule has 1 aliphatic rings. The number of carboxylic acids is 1. The van der Waals surface area contributed by atoms with E-state index >= 15 is 0 Å². The number of aliphatic carboxylic acids is 1. The van der Waals surface area contributed by atoms with Crippen LogP contribution in [0.3, 0.4) is 0 Å².